The Morgan fingerprint density at radius 1 is 1.35 bits per heavy atom. The van der Waals surface area contributed by atoms with E-state index in [1.807, 2.05) is 17.0 Å². The molecule has 5 heteroatoms. The van der Waals surface area contributed by atoms with Gasteiger partial charge in [0.2, 0.25) is 5.91 Å². The monoisotopic (exact) mass is 350 g/mol. The highest BCUT2D eigenvalue weighted by Gasteiger charge is 2.67. The van der Waals surface area contributed by atoms with Crippen LogP contribution in [-0.4, -0.2) is 52.8 Å². The Kier molecular flexibility index (Phi) is 2.76. The third-order valence-electron chi connectivity index (χ3n) is 7.50. The molecule has 1 aliphatic carbocycles. The number of hydrogen-bond acceptors (Lipinski definition) is 4. The van der Waals surface area contributed by atoms with Gasteiger partial charge in [-0.25, -0.2) is 0 Å². The minimum Gasteiger partial charge on any atom is -0.506 e. The maximum absolute atomic E-state index is 12.9. The molecule has 1 aromatic rings. The zero-order valence-electron chi connectivity index (χ0n) is 14.6. The zero-order chi connectivity index (χ0) is 17.6. The number of aromatic hydroxyl groups is 1. The number of rotatable bonds is 1. The van der Waals surface area contributed by atoms with E-state index in [0.29, 0.717) is 18.4 Å². The largest absolute Gasteiger partial charge is 0.506 e. The summed E-state index contributed by atoms with van der Waals surface area (Å²) in [4.78, 5) is 17.4. The van der Waals surface area contributed by atoms with E-state index in [4.69, 9.17) is 0 Å². The molecule has 134 valence electrons. The first-order valence-corrected chi connectivity index (χ1v) is 9.55. The van der Waals surface area contributed by atoms with Gasteiger partial charge < -0.3 is 15.1 Å². The summed E-state index contributed by atoms with van der Waals surface area (Å²) in [5, 5.41) is 20.1. The predicted molar refractivity (Wildman–Crippen MR) is 97.0 cm³/mol. The van der Waals surface area contributed by atoms with E-state index in [1.165, 1.54) is 11.1 Å². The molecule has 2 N–H and O–H groups in total. The Balaban J connectivity index is 1.65. The number of phenolic OH excluding ortho intramolecular Hbond substituents is 1. The van der Waals surface area contributed by atoms with Crippen LogP contribution in [0.4, 0.5) is 5.69 Å². The number of anilines is 1. The van der Waals surface area contributed by atoms with Crippen LogP contribution in [0.25, 0.3) is 0 Å². The smallest absolute Gasteiger partial charge is 0.231 e. The Bertz CT molecular complexity index is 905. The van der Waals surface area contributed by atoms with Crippen molar-refractivity contribution in [3.8, 4) is 5.75 Å². The maximum atomic E-state index is 12.9. The van der Waals surface area contributed by atoms with Crippen LogP contribution in [0.5, 0.6) is 5.75 Å². The van der Waals surface area contributed by atoms with Gasteiger partial charge in [0.25, 0.3) is 0 Å². The lowest BCUT2D eigenvalue weighted by Gasteiger charge is -2.54. The molecule has 4 atom stereocenters. The first kappa shape index (κ1) is 15.0. The summed E-state index contributed by atoms with van der Waals surface area (Å²) in [6.07, 6.45) is 6.57. The number of hydrogen-bond donors (Lipinski definition) is 2. The predicted octanol–water partition coefficient (Wildman–Crippen LogP) is 1.70. The second-order valence-corrected chi connectivity index (χ2v) is 8.27. The van der Waals surface area contributed by atoms with Crippen molar-refractivity contribution in [2.45, 2.75) is 36.8 Å². The van der Waals surface area contributed by atoms with Crippen LogP contribution in [0.3, 0.4) is 0 Å². The number of aliphatic hydroxyl groups is 1. The number of piperidine rings is 1. The van der Waals surface area contributed by atoms with Crippen molar-refractivity contribution in [3.63, 3.8) is 0 Å². The van der Waals surface area contributed by atoms with Crippen LogP contribution in [0.1, 0.15) is 24.8 Å². The summed E-state index contributed by atoms with van der Waals surface area (Å²) in [5.74, 6) is 0.621. The Labute approximate surface area is 152 Å². The van der Waals surface area contributed by atoms with Crippen molar-refractivity contribution in [1.82, 2.24) is 4.90 Å². The molecular weight excluding hydrogens is 328 g/mol. The molecular formula is C21H22N2O3. The van der Waals surface area contributed by atoms with Gasteiger partial charge in [-0.05, 0) is 36.6 Å². The molecule has 4 heterocycles. The normalized spacial score (nSPS) is 38.4. The van der Waals surface area contributed by atoms with Gasteiger partial charge in [0.15, 0.2) is 0 Å². The molecule has 2 saturated heterocycles. The SMILES string of the molecule is O=C1CC=C2[C@H]3C[C@@H]4N(CC[C@]45c4cccc(O)c4N1[C@H]25)C/C3=C\CO. The van der Waals surface area contributed by atoms with Crippen molar-refractivity contribution in [1.29, 1.82) is 0 Å². The summed E-state index contributed by atoms with van der Waals surface area (Å²) in [6, 6.07) is 6.16. The van der Waals surface area contributed by atoms with Gasteiger partial charge >= 0.3 is 0 Å². The number of aliphatic hydroxyl groups excluding tert-OH is 1. The molecule has 26 heavy (non-hydrogen) atoms. The quantitative estimate of drug-likeness (QED) is 0.757. The Morgan fingerprint density at radius 3 is 3.08 bits per heavy atom. The van der Waals surface area contributed by atoms with E-state index in [1.54, 1.807) is 6.07 Å². The third kappa shape index (κ3) is 1.50. The Morgan fingerprint density at radius 2 is 2.23 bits per heavy atom. The number of benzene rings is 1. The molecule has 1 amide bonds. The van der Waals surface area contributed by atoms with Gasteiger partial charge in [0.1, 0.15) is 5.75 Å². The van der Waals surface area contributed by atoms with Crippen LogP contribution in [0, 0.1) is 5.92 Å². The molecule has 0 unspecified atom stereocenters. The van der Waals surface area contributed by atoms with Crippen molar-refractivity contribution >= 4 is 11.6 Å². The summed E-state index contributed by atoms with van der Waals surface area (Å²) in [7, 11) is 0. The highest BCUT2D eigenvalue weighted by Crippen LogP contribution is 2.65. The average Bonchev–Trinajstić information content (AvgIpc) is 3.17. The van der Waals surface area contributed by atoms with Crippen LogP contribution in [0.2, 0.25) is 0 Å². The van der Waals surface area contributed by atoms with E-state index in [2.05, 4.69) is 17.0 Å². The third-order valence-corrected chi connectivity index (χ3v) is 7.50. The van der Waals surface area contributed by atoms with Crippen LogP contribution in [-0.2, 0) is 10.2 Å². The molecule has 0 aromatic heterocycles. The second kappa shape index (κ2) is 4.78. The molecule has 1 aromatic carbocycles. The lowest BCUT2D eigenvalue weighted by molar-refractivity contribution is -0.118. The lowest BCUT2D eigenvalue weighted by Crippen LogP contribution is -2.62. The number of amides is 1. The standard InChI is InChI=1S/C21H22N2O3/c24-9-6-12-11-22-8-7-21-15-2-1-3-16(25)19(15)23-18(26)5-4-13(20(21)23)14(12)10-17(21)22/h1-4,6,14,17,20,24-25H,5,7-11H2/b12-6+/t14-,17-,20+,21-/m0/s1. The fourth-order valence-electron chi connectivity index (χ4n) is 6.68. The fraction of sp³-hybridized carbons (Fsp3) is 0.476. The number of phenols is 1. The fourth-order valence-corrected chi connectivity index (χ4v) is 6.68. The van der Waals surface area contributed by atoms with E-state index >= 15 is 0 Å². The Hall–Kier alpha value is -2.11. The van der Waals surface area contributed by atoms with E-state index < -0.39 is 0 Å². The minimum atomic E-state index is -0.1000. The summed E-state index contributed by atoms with van der Waals surface area (Å²) >= 11 is 0. The number of carbonyl (C=O) groups excluding carboxylic acids is 1. The molecule has 0 radical (unpaired) electrons. The maximum Gasteiger partial charge on any atom is 0.231 e. The molecule has 1 saturated carbocycles. The summed E-state index contributed by atoms with van der Waals surface area (Å²) in [6.45, 7) is 1.97. The highest BCUT2D eigenvalue weighted by atomic mass is 16.3. The van der Waals surface area contributed by atoms with Crippen molar-refractivity contribution in [2.24, 2.45) is 5.92 Å². The van der Waals surface area contributed by atoms with Crippen LogP contribution < -0.4 is 4.90 Å². The molecule has 4 aliphatic heterocycles. The number of para-hydroxylation sites is 1. The molecule has 3 fully saturated rings. The van der Waals surface area contributed by atoms with E-state index in [-0.39, 0.29) is 29.7 Å². The molecule has 5 nitrogen and oxygen atoms in total. The zero-order valence-corrected chi connectivity index (χ0v) is 14.6. The van der Waals surface area contributed by atoms with Gasteiger partial charge in [0, 0.05) is 30.3 Å². The molecule has 1 spiro atoms. The number of nitrogens with zero attached hydrogens (tertiary/aromatic N) is 2. The molecule has 6 rings (SSSR count). The first-order valence-electron chi connectivity index (χ1n) is 9.55. The molecule has 2 bridgehead atoms. The summed E-state index contributed by atoms with van der Waals surface area (Å²) < 4.78 is 0. The van der Waals surface area contributed by atoms with Crippen LogP contribution in [0.15, 0.2) is 41.5 Å². The van der Waals surface area contributed by atoms with Crippen molar-refractivity contribution in [3.05, 3.63) is 47.1 Å². The first-order chi connectivity index (χ1) is 12.7. The van der Waals surface area contributed by atoms with Gasteiger partial charge in [-0.1, -0.05) is 29.9 Å². The number of carbonyl (C=O) groups is 1. The summed E-state index contributed by atoms with van der Waals surface area (Å²) in [5.41, 5.74) is 4.43. The van der Waals surface area contributed by atoms with Crippen molar-refractivity contribution < 1.29 is 15.0 Å². The van der Waals surface area contributed by atoms with Gasteiger partial charge in [-0.2, -0.15) is 0 Å². The van der Waals surface area contributed by atoms with Gasteiger partial charge in [0.05, 0.1) is 18.3 Å². The van der Waals surface area contributed by atoms with Crippen molar-refractivity contribution in [2.75, 3.05) is 24.6 Å². The second-order valence-electron chi connectivity index (χ2n) is 8.27. The highest BCUT2D eigenvalue weighted by molar-refractivity contribution is 6.02. The number of fused-ring (bicyclic) bond motifs is 4. The van der Waals surface area contributed by atoms with Crippen LogP contribution >= 0.6 is 0 Å². The topological polar surface area (TPSA) is 64.0 Å². The lowest BCUT2D eigenvalue weighted by atomic mass is 9.57. The van der Waals surface area contributed by atoms with E-state index in [9.17, 15) is 15.0 Å². The minimum absolute atomic E-state index is 0.0168. The van der Waals surface area contributed by atoms with Gasteiger partial charge in [-0.3, -0.25) is 9.69 Å². The van der Waals surface area contributed by atoms with Gasteiger partial charge in [-0.15, -0.1) is 0 Å². The molecule has 5 aliphatic rings. The average molecular weight is 350 g/mol. The van der Waals surface area contributed by atoms with E-state index in [0.717, 1.165) is 37.2 Å².